The molecule has 0 bridgehead atoms. The third-order valence-electron chi connectivity index (χ3n) is 2.37. The summed E-state index contributed by atoms with van der Waals surface area (Å²) in [5.41, 5.74) is 2.14. The van der Waals surface area contributed by atoms with Crippen LogP contribution >= 0.6 is 0 Å². The molecule has 1 N–H and O–H groups in total. The number of carbonyl (C=O) groups is 1. The fourth-order valence-electron chi connectivity index (χ4n) is 1.47. The van der Waals surface area contributed by atoms with Crippen LogP contribution in [0.2, 0.25) is 0 Å². The first-order valence-electron chi connectivity index (χ1n) is 5.69. The zero-order valence-electron chi connectivity index (χ0n) is 10.3. The second-order valence-corrected chi connectivity index (χ2v) is 3.93. The topological polar surface area (TPSA) is 46.5 Å². The minimum absolute atomic E-state index is 0.233. The third-order valence-corrected chi connectivity index (χ3v) is 2.37. The van der Waals surface area contributed by atoms with Gasteiger partial charge in [0.05, 0.1) is 6.61 Å². The Labute approximate surface area is 102 Å². The van der Waals surface area contributed by atoms with Crippen LogP contribution in [0.1, 0.15) is 30.9 Å². The number of aryl methyl sites for hydroxylation is 1. The molecule has 0 radical (unpaired) electrons. The molecule has 1 aromatic carbocycles. The first kappa shape index (κ1) is 13.3. The number of unbranched alkanes of at least 4 members (excludes halogenated alkanes) is 1. The van der Waals surface area contributed by atoms with Crippen molar-refractivity contribution < 1.29 is 14.6 Å². The molecule has 0 heterocycles. The number of hydrogen-bond acceptors (Lipinski definition) is 3. The molecule has 3 heteroatoms. The maximum atomic E-state index is 10.5. The summed E-state index contributed by atoms with van der Waals surface area (Å²) < 4.78 is 4.83. The van der Waals surface area contributed by atoms with E-state index >= 15 is 0 Å². The Kier molecular flexibility index (Phi) is 5.27. The van der Waals surface area contributed by atoms with Gasteiger partial charge in [-0.15, -0.1) is 0 Å². The minimum Gasteiger partial charge on any atom is -0.508 e. The molecule has 0 aliphatic rings. The summed E-state index contributed by atoms with van der Waals surface area (Å²) in [6.07, 6.45) is 5.76. The van der Waals surface area contributed by atoms with Gasteiger partial charge in [0.25, 0.3) is 0 Å². The molecule has 0 aromatic heterocycles. The zero-order chi connectivity index (χ0) is 12.7. The van der Waals surface area contributed by atoms with E-state index in [4.69, 9.17) is 4.74 Å². The number of hydrogen-bond donors (Lipinski definition) is 1. The average Bonchev–Trinajstić information content (AvgIpc) is 2.25. The first-order chi connectivity index (χ1) is 8.09. The van der Waals surface area contributed by atoms with E-state index in [0.29, 0.717) is 6.61 Å². The highest BCUT2D eigenvalue weighted by molar-refractivity contribution is 5.65. The number of rotatable bonds is 5. The SMILES string of the molecule is CC(=O)OCCC/C=C\c1ccc(O)cc1C. The van der Waals surface area contributed by atoms with E-state index < -0.39 is 0 Å². The van der Waals surface area contributed by atoms with Gasteiger partial charge in [-0.1, -0.05) is 18.2 Å². The van der Waals surface area contributed by atoms with E-state index in [2.05, 4.69) is 0 Å². The summed E-state index contributed by atoms with van der Waals surface area (Å²) in [5, 5.41) is 9.26. The number of aromatic hydroxyl groups is 1. The van der Waals surface area contributed by atoms with E-state index in [1.807, 2.05) is 25.1 Å². The number of carbonyl (C=O) groups excluding carboxylic acids is 1. The molecule has 0 fully saturated rings. The Morgan fingerprint density at radius 2 is 2.24 bits per heavy atom. The Balaban J connectivity index is 2.35. The summed E-state index contributed by atoms with van der Waals surface area (Å²) in [6.45, 7) is 3.84. The van der Waals surface area contributed by atoms with Crippen LogP contribution in [0, 0.1) is 6.92 Å². The Bertz CT molecular complexity index is 408. The van der Waals surface area contributed by atoms with Crippen LogP contribution in [0.15, 0.2) is 24.3 Å². The van der Waals surface area contributed by atoms with Crippen LogP contribution in [-0.2, 0) is 9.53 Å². The first-order valence-corrected chi connectivity index (χ1v) is 5.69. The van der Waals surface area contributed by atoms with Crippen molar-refractivity contribution in [3.05, 3.63) is 35.4 Å². The Hall–Kier alpha value is -1.77. The summed E-state index contributed by atoms with van der Waals surface area (Å²) in [6, 6.07) is 5.29. The molecular weight excluding hydrogens is 216 g/mol. The Morgan fingerprint density at radius 3 is 2.88 bits per heavy atom. The molecule has 0 amide bonds. The number of phenolic OH excluding ortho intramolecular Hbond substituents is 1. The monoisotopic (exact) mass is 234 g/mol. The fourth-order valence-corrected chi connectivity index (χ4v) is 1.47. The van der Waals surface area contributed by atoms with Crippen LogP contribution in [0.3, 0.4) is 0 Å². The van der Waals surface area contributed by atoms with Crippen LogP contribution < -0.4 is 0 Å². The average molecular weight is 234 g/mol. The molecule has 0 saturated carbocycles. The van der Waals surface area contributed by atoms with E-state index in [0.717, 1.165) is 24.0 Å². The van der Waals surface area contributed by atoms with Crippen molar-refractivity contribution in [1.82, 2.24) is 0 Å². The van der Waals surface area contributed by atoms with Gasteiger partial charge in [0.1, 0.15) is 5.75 Å². The fraction of sp³-hybridized carbons (Fsp3) is 0.357. The quantitative estimate of drug-likeness (QED) is 0.629. The number of benzene rings is 1. The molecule has 3 nitrogen and oxygen atoms in total. The molecule has 1 rings (SSSR count). The molecule has 0 aliphatic heterocycles. The van der Waals surface area contributed by atoms with E-state index in [-0.39, 0.29) is 11.7 Å². The van der Waals surface area contributed by atoms with Crippen molar-refractivity contribution in [1.29, 1.82) is 0 Å². The Morgan fingerprint density at radius 1 is 1.47 bits per heavy atom. The van der Waals surface area contributed by atoms with Gasteiger partial charge in [-0.05, 0) is 43.0 Å². The summed E-state index contributed by atoms with van der Waals surface area (Å²) in [4.78, 5) is 10.5. The third kappa shape index (κ3) is 5.20. The number of phenols is 1. The maximum absolute atomic E-state index is 10.5. The summed E-state index contributed by atoms with van der Waals surface area (Å²) >= 11 is 0. The van der Waals surface area contributed by atoms with Crippen molar-refractivity contribution in [2.24, 2.45) is 0 Å². The lowest BCUT2D eigenvalue weighted by Crippen LogP contribution is -1.99. The maximum Gasteiger partial charge on any atom is 0.302 e. The normalized spacial score (nSPS) is 10.7. The van der Waals surface area contributed by atoms with E-state index in [1.54, 1.807) is 12.1 Å². The lowest BCUT2D eigenvalue weighted by atomic mass is 10.1. The zero-order valence-corrected chi connectivity index (χ0v) is 10.3. The number of allylic oxidation sites excluding steroid dienone is 1. The van der Waals surface area contributed by atoms with Crippen LogP contribution in [-0.4, -0.2) is 17.7 Å². The van der Waals surface area contributed by atoms with Crippen molar-refractivity contribution >= 4 is 12.0 Å². The molecule has 92 valence electrons. The van der Waals surface area contributed by atoms with Gasteiger partial charge < -0.3 is 9.84 Å². The smallest absolute Gasteiger partial charge is 0.302 e. The molecule has 0 saturated heterocycles. The van der Waals surface area contributed by atoms with Gasteiger partial charge in [0.2, 0.25) is 0 Å². The molecule has 17 heavy (non-hydrogen) atoms. The predicted molar refractivity (Wildman–Crippen MR) is 67.7 cm³/mol. The molecule has 0 spiro atoms. The lowest BCUT2D eigenvalue weighted by Gasteiger charge is -2.01. The van der Waals surface area contributed by atoms with Crippen molar-refractivity contribution in [2.75, 3.05) is 6.61 Å². The molecule has 0 atom stereocenters. The standard InChI is InChI=1S/C14H18O3/c1-11-10-14(16)8-7-13(11)6-4-3-5-9-17-12(2)15/h4,6-8,10,16H,3,5,9H2,1-2H3/b6-4-. The van der Waals surface area contributed by atoms with Crippen molar-refractivity contribution in [2.45, 2.75) is 26.7 Å². The van der Waals surface area contributed by atoms with Gasteiger partial charge in [-0.25, -0.2) is 0 Å². The number of esters is 1. The predicted octanol–water partition coefficient (Wildman–Crippen LogP) is 3.06. The van der Waals surface area contributed by atoms with Gasteiger partial charge in [-0.2, -0.15) is 0 Å². The van der Waals surface area contributed by atoms with Gasteiger partial charge in [0.15, 0.2) is 0 Å². The summed E-state index contributed by atoms with van der Waals surface area (Å²) in [5.74, 6) is 0.0536. The van der Waals surface area contributed by atoms with Crippen molar-refractivity contribution in [3.63, 3.8) is 0 Å². The minimum atomic E-state index is -0.233. The molecule has 0 aliphatic carbocycles. The molecular formula is C14H18O3. The van der Waals surface area contributed by atoms with Gasteiger partial charge in [0, 0.05) is 6.92 Å². The largest absolute Gasteiger partial charge is 0.508 e. The second kappa shape index (κ2) is 6.74. The highest BCUT2D eigenvalue weighted by Crippen LogP contribution is 2.17. The molecule has 1 aromatic rings. The van der Waals surface area contributed by atoms with Crippen LogP contribution in [0.4, 0.5) is 0 Å². The van der Waals surface area contributed by atoms with E-state index in [1.165, 1.54) is 6.92 Å². The van der Waals surface area contributed by atoms with Crippen molar-refractivity contribution in [3.8, 4) is 5.75 Å². The highest BCUT2D eigenvalue weighted by Gasteiger charge is 1.95. The van der Waals surface area contributed by atoms with Crippen LogP contribution in [0.5, 0.6) is 5.75 Å². The van der Waals surface area contributed by atoms with Gasteiger partial charge >= 0.3 is 5.97 Å². The molecule has 0 unspecified atom stereocenters. The van der Waals surface area contributed by atoms with Gasteiger partial charge in [-0.3, -0.25) is 4.79 Å². The summed E-state index contributed by atoms with van der Waals surface area (Å²) in [7, 11) is 0. The van der Waals surface area contributed by atoms with E-state index in [9.17, 15) is 9.90 Å². The van der Waals surface area contributed by atoms with Crippen LogP contribution in [0.25, 0.3) is 6.08 Å². The highest BCUT2D eigenvalue weighted by atomic mass is 16.5. The second-order valence-electron chi connectivity index (χ2n) is 3.93. The number of ether oxygens (including phenoxy) is 1. The lowest BCUT2D eigenvalue weighted by molar-refractivity contribution is -0.141.